The van der Waals surface area contributed by atoms with Crippen molar-refractivity contribution in [3.05, 3.63) is 41.1 Å². The highest BCUT2D eigenvalue weighted by Gasteiger charge is 2.28. The lowest BCUT2D eigenvalue weighted by Gasteiger charge is -2.34. The first kappa shape index (κ1) is 17.3. The molecule has 2 heterocycles. The van der Waals surface area contributed by atoms with E-state index in [9.17, 15) is 0 Å². The largest absolute Gasteiger partial charge is 0.383 e. The number of hydrogen-bond acceptors (Lipinski definition) is 4. The number of benzene rings is 1. The van der Waals surface area contributed by atoms with Crippen molar-refractivity contribution in [2.75, 3.05) is 31.8 Å². The number of rotatable bonds is 5. The molecule has 0 spiro atoms. The third-order valence-electron chi connectivity index (χ3n) is 4.67. The van der Waals surface area contributed by atoms with E-state index >= 15 is 0 Å². The molecule has 1 aromatic carbocycles. The lowest BCUT2D eigenvalue weighted by molar-refractivity contribution is 0.145. The minimum absolute atomic E-state index is 0.450. The highest BCUT2D eigenvalue weighted by Crippen LogP contribution is 2.28. The first-order valence-electron chi connectivity index (χ1n) is 8.76. The van der Waals surface area contributed by atoms with E-state index in [0.717, 1.165) is 42.5 Å². The maximum atomic E-state index is 6.17. The number of halogens is 1. The first-order valence-corrected chi connectivity index (χ1v) is 9.14. The molecule has 0 saturated carbocycles. The SMILES string of the molecule is CCCC1=CC(N2CCC[C@H]2COC)=NCN1c1cccc(Cl)c1. The van der Waals surface area contributed by atoms with Gasteiger partial charge >= 0.3 is 0 Å². The second-order valence-electron chi connectivity index (χ2n) is 6.40. The highest BCUT2D eigenvalue weighted by molar-refractivity contribution is 6.30. The van der Waals surface area contributed by atoms with Gasteiger partial charge in [0, 0.05) is 30.1 Å². The predicted molar refractivity (Wildman–Crippen MR) is 101 cm³/mol. The Labute approximate surface area is 149 Å². The van der Waals surface area contributed by atoms with Gasteiger partial charge in [0.25, 0.3) is 0 Å². The van der Waals surface area contributed by atoms with Crippen LogP contribution in [-0.4, -0.2) is 43.7 Å². The number of amidine groups is 1. The summed E-state index contributed by atoms with van der Waals surface area (Å²) in [4.78, 5) is 9.53. The molecule has 0 radical (unpaired) electrons. The standard InChI is InChI=1S/C19H26ClN3O/c1-3-6-16-12-19(22-10-5-9-18(22)13-24-2)21-14-23(16)17-8-4-7-15(20)11-17/h4,7-8,11-12,18H,3,5-6,9-10,13-14H2,1-2H3/t18-/m0/s1. The molecule has 1 atom stereocenters. The van der Waals surface area contributed by atoms with Crippen LogP contribution in [0.1, 0.15) is 32.6 Å². The van der Waals surface area contributed by atoms with Crippen LogP contribution in [0.4, 0.5) is 5.69 Å². The molecule has 2 aliphatic heterocycles. The van der Waals surface area contributed by atoms with Crippen LogP contribution < -0.4 is 4.90 Å². The van der Waals surface area contributed by atoms with E-state index in [0.29, 0.717) is 12.7 Å². The van der Waals surface area contributed by atoms with E-state index in [2.05, 4.69) is 28.9 Å². The summed E-state index contributed by atoms with van der Waals surface area (Å²) in [7, 11) is 1.78. The summed E-state index contributed by atoms with van der Waals surface area (Å²) in [6, 6.07) is 8.46. The Hall–Kier alpha value is -1.52. The van der Waals surface area contributed by atoms with Crippen LogP contribution in [0.5, 0.6) is 0 Å². The summed E-state index contributed by atoms with van der Waals surface area (Å²) >= 11 is 6.17. The summed E-state index contributed by atoms with van der Waals surface area (Å²) in [5.74, 6) is 1.11. The van der Waals surface area contributed by atoms with Crippen LogP contribution in [0.15, 0.2) is 41.0 Å². The molecule has 0 bridgehead atoms. The molecular formula is C19H26ClN3O. The lowest BCUT2D eigenvalue weighted by atomic mass is 10.1. The second kappa shape index (κ2) is 8.04. The first-order chi connectivity index (χ1) is 11.7. The number of ether oxygens (including phenoxy) is 1. The zero-order valence-electron chi connectivity index (χ0n) is 14.5. The summed E-state index contributed by atoms with van der Waals surface area (Å²) in [5.41, 5.74) is 2.42. The average Bonchev–Trinajstić information content (AvgIpc) is 3.04. The molecular weight excluding hydrogens is 322 g/mol. The zero-order chi connectivity index (χ0) is 16.9. The van der Waals surface area contributed by atoms with Gasteiger partial charge in [0.05, 0.1) is 12.6 Å². The molecule has 0 amide bonds. The van der Waals surface area contributed by atoms with Crippen molar-refractivity contribution >= 4 is 23.1 Å². The van der Waals surface area contributed by atoms with Crippen molar-refractivity contribution in [1.82, 2.24) is 4.90 Å². The van der Waals surface area contributed by atoms with Crippen LogP contribution in [0.3, 0.4) is 0 Å². The topological polar surface area (TPSA) is 28.1 Å². The summed E-state index contributed by atoms with van der Waals surface area (Å²) in [5, 5.41) is 0.762. The molecule has 1 fully saturated rings. The molecule has 0 unspecified atom stereocenters. The normalized spacial score (nSPS) is 21.0. The highest BCUT2D eigenvalue weighted by atomic mass is 35.5. The molecule has 1 aromatic rings. The van der Waals surface area contributed by atoms with Crippen molar-refractivity contribution in [2.24, 2.45) is 4.99 Å². The van der Waals surface area contributed by atoms with E-state index in [1.807, 2.05) is 18.2 Å². The van der Waals surface area contributed by atoms with Gasteiger partial charge in [0.15, 0.2) is 0 Å². The number of likely N-dealkylation sites (tertiary alicyclic amines) is 1. The summed E-state index contributed by atoms with van der Waals surface area (Å²) in [6.07, 6.45) is 6.79. The van der Waals surface area contributed by atoms with E-state index < -0.39 is 0 Å². The number of anilines is 1. The number of allylic oxidation sites excluding steroid dienone is 1. The van der Waals surface area contributed by atoms with E-state index in [1.54, 1.807) is 7.11 Å². The van der Waals surface area contributed by atoms with Gasteiger partial charge in [0.1, 0.15) is 12.5 Å². The number of nitrogens with zero attached hydrogens (tertiary/aromatic N) is 3. The molecule has 2 aliphatic rings. The predicted octanol–water partition coefficient (Wildman–Crippen LogP) is 4.31. The third kappa shape index (κ3) is 3.76. The Balaban J connectivity index is 1.83. The fourth-order valence-electron chi connectivity index (χ4n) is 3.54. The summed E-state index contributed by atoms with van der Waals surface area (Å²) < 4.78 is 5.38. The van der Waals surface area contributed by atoms with E-state index in [4.69, 9.17) is 21.3 Å². The van der Waals surface area contributed by atoms with Gasteiger partial charge in [-0.1, -0.05) is 31.0 Å². The van der Waals surface area contributed by atoms with Crippen molar-refractivity contribution < 1.29 is 4.74 Å². The zero-order valence-corrected chi connectivity index (χ0v) is 15.3. The molecule has 24 heavy (non-hydrogen) atoms. The number of hydrogen-bond donors (Lipinski definition) is 0. The van der Waals surface area contributed by atoms with Crippen LogP contribution in [0, 0.1) is 0 Å². The van der Waals surface area contributed by atoms with Gasteiger partial charge in [-0.25, -0.2) is 4.99 Å². The Bertz CT molecular complexity index is 629. The van der Waals surface area contributed by atoms with Crippen LogP contribution >= 0.6 is 11.6 Å². The van der Waals surface area contributed by atoms with Crippen LogP contribution in [0.2, 0.25) is 5.02 Å². The quantitative estimate of drug-likeness (QED) is 0.794. The Kier molecular flexibility index (Phi) is 5.80. The molecule has 0 N–H and O–H groups in total. The number of aliphatic imine (C=N–C) groups is 1. The second-order valence-corrected chi connectivity index (χ2v) is 6.83. The van der Waals surface area contributed by atoms with Crippen molar-refractivity contribution in [3.63, 3.8) is 0 Å². The maximum absolute atomic E-state index is 6.17. The summed E-state index contributed by atoms with van der Waals surface area (Å²) in [6.45, 7) is 4.71. The van der Waals surface area contributed by atoms with Crippen molar-refractivity contribution in [2.45, 2.75) is 38.6 Å². The molecule has 0 aliphatic carbocycles. The molecule has 5 heteroatoms. The lowest BCUT2D eigenvalue weighted by Crippen LogP contribution is -2.40. The molecule has 1 saturated heterocycles. The molecule has 3 rings (SSSR count). The van der Waals surface area contributed by atoms with E-state index in [-0.39, 0.29) is 0 Å². The number of methoxy groups -OCH3 is 1. The van der Waals surface area contributed by atoms with Crippen molar-refractivity contribution in [1.29, 1.82) is 0 Å². The Morgan fingerprint density at radius 1 is 1.38 bits per heavy atom. The molecule has 0 aromatic heterocycles. The van der Waals surface area contributed by atoms with Gasteiger partial charge in [-0.3, -0.25) is 0 Å². The Morgan fingerprint density at radius 3 is 3.00 bits per heavy atom. The minimum Gasteiger partial charge on any atom is -0.383 e. The van der Waals surface area contributed by atoms with Gasteiger partial charge < -0.3 is 14.5 Å². The smallest absolute Gasteiger partial charge is 0.127 e. The van der Waals surface area contributed by atoms with Gasteiger partial charge in [-0.05, 0) is 43.5 Å². The third-order valence-corrected chi connectivity index (χ3v) is 4.91. The van der Waals surface area contributed by atoms with Crippen LogP contribution in [0.25, 0.3) is 0 Å². The monoisotopic (exact) mass is 347 g/mol. The van der Waals surface area contributed by atoms with Gasteiger partial charge in [-0.15, -0.1) is 0 Å². The molecule has 4 nitrogen and oxygen atoms in total. The average molecular weight is 348 g/mol. The van der Waals surface area contributed by atoms with E-state index in [1.165, 1.54) is 18.5 Å². The fraction of sp³-hybridized carbons (Fsp3) is 0.526. The maximum Gasteiger partial charge on any atom is 0.127 e. The van der Waals surface area contributed by atoms with Gasteiger partial charge in [0.2, 0.25) is 0 Å². The fourth-order valence-corrected chi connectivity index (χ4v) is 3.72. The minimum atomic E-state index is 0.450. The van der Waals surface area contributed by atoms with Crippen molar-refractivity contribution in [3.8, 4) is 0 Å². The van der Waals surface area contributed by atoms with Gasteiger partial charge in [-0.2, -0.15) is 0 Å². The van der Waals surface area contributed by atoms with Crippen LogP contribution in [-0.2, 0) is 4.74 Å². The molecule has 130 valence electrons. The Morgan fingerprint density at radius 2 is 2.25 bits per heavy atom.